The third-order valence-electron chi connectivity index (χ3n) is 1.76. The number of hydrogen-bond donors (Lipinski definition) is 0. The number of alkyl halides is 3. The van der Waals surface area contributed by atoms with Gasteiger partial charge in [-0.15, -0.1) is 0 Å². The first kappa shape index (κ1) is 13.0. The summed E-state index contributed by atoms with van der Waals surface area (Å²) in [4.78, 5) is 0. The summed E-state index contributed by atoms with van der Waals surface area (Å²) < 4.78 is 64.1. The van der Waals surface area contributed by atoms with Crippen LogP contribution >= 0.6 is 0 Å². The van der Waals surface area contributed by atoms with E-state index in [9.17, 15) is 21.6 Å². The first-order valence-corrected chi connectivity index (χ1v) is 5.56. The van der Waals surface area contributed by atoms with Crippen molar-refractivity contribution in [2.24, 2.45) is 7.05 Å². The van der Waals surface area contributed by atoms with Crippen molar-refractivity contribution in [1.29, 1.82) is 0 Å². The number of aromatic nitrogens is 2. The molecule has 0 fully saturated rings. The Bertz CT molecular complexity index is 465. The lowest BCUT2D eigenvalue weighted by atomic mass is 10.6. The summed E-state index contributed by atoms with van der Waals surface area (Å²) >= 11 is 0. The van der Waals surface area contributed by atoms with Crippen molar-refractivity contribution in [2.45, 2.75) is 18.7 Å². The predicted molar refractivity (Wildman–Crippen MR) is 46.4 cm³/mol. The molecule has 1 heterocycles. The Morgan fingerprint density at radius 2 is 2.00 bits per heavy atom. The summed E-state index contributed by atoms with van der Waals surface area (Å²) in [5.74, 6) is 0. The highest BCUT2D eigenvalue weighted by Crippen LogP contribution is 2.27. The van der Waals surface area contributed by atoms with E-state index in [0.717, 1.165) is 0 Å². The lowest BCUT2D eigenvalue weighted by Crippen LogP contribution is -2.29. The summed E-state index contributed by atoms with van der Waals surface area (Å²) in [6.45, 7) is 1.20. The zero-order valence-electron chi connectivity index (χ0n) is 8.47. The van der Waals surface area contributed by atoms with E-state index in [1.54, 1.807) is 17.8 Å². The lowest BCUT2D eigenvalue weighted by Gasteiger charge is -2.11. The predicted octanol–water partition coefficient (Wildman–Crippen LogP) is 0.697. The van der Waals surface area contributed by atoms with Gasteiger partial charge in [-0.2, -0.15) is 21.6 Å². The first-order chi connectivity index (χ1) is 7.13. The Morgan fingerprint density at radius 1 is 1.44 bits per heavy atom. The average Bonchev–Trinajstić information content (AvgIpc) is 2.48. The van der Waals surface area contributed by atoms with Crippen molar-refractivity contribution < 1.29 is 30.3 Å². The lowest BCUT2D eigenvalue weighted by molar-refractivity contribution is -0.671. The quantitative estimate of drug-likeness (QED) is 0.456. The normalized spacial score (nSPS) is 15.1. The van der Waals surface area contributed by atoms with Gasteiger partial charge in [-0.3, -0.25) is 0 Å². The van der Waals surface area contributed by atoms with Gasteiger partial charge in [-0.05, 0) is 0 Å². The third kappa shape index (κ3) is 2.73. The van der Waals surface area contributed by atoms with Crippen LogP contribution in [0.15, 0.2) is 18.7 Å². The molecule has 0 aromatic carbocycles. The van der Waals surface area contributed by atoms with Crippen molar-refractivity contribution in [3.63, 3.8) is 0 Å². The molecule has 16 heavy (non-hydrogen) atoms. The fourth-order valence-electron chi connectivity index (χ4n) is 0.972. The van der Waals surface area contributed by atoms with Crippen LogP contribution < -0.4 is 4.57 Å². The maximum atomic E-state index is 12.0. The molecule has 5 nitrogen and oxygen atoms in total. The number of aryl methyl sites for hydroxylation is 1. The van der Waals surface area contributed by atoms with E-state index in [1.807, 2.05) is 0 Å². The Labute approximate surface area is 90.2 Å². The van der Waals surface area contributed by atoms with Gasteiger partial charge in [0.05, 0.1) is 7.05 Å². The van der Waals surface area contributed by atoms with Crippen LogP contribution in [0.1, 0.15) is 13.2 Å². The van der Waals surface area contributed by atoms with Gasteiger partial charge in [0, 0.05) is 6.92 Å². The molecule has 92 valence electrons. The maximum Gasteiger partial charge on any atom is 0.523 e. The highest BCUT2D eigenvalue weighted by molar-refractivity contribution is 7.87. The van der Waals surface area contributed by atoms with Crippen LogP contribution in [0.2, 0.25) is 0 Å². The smallest absolute Gasteiger partial charge is 0.239 e. The fraction of sp³-hybridized carbons (Fsp3) is 0.571. The molecule has 0 aliphatic rings. The zero-order chi connectivity index (χ0) is 12.6. The van der Waals surface area contributed by atoms with Crippen molar-refractivity contribution in [3.05, 3.63) is 18.7 Å². The minimum Gasteiger partial charge on any atom is -0.239 e. The van der Waals surface area contributed by atoms with Gasteiger partial charge in [-0.25, -0.2) is 13.3 Å². The molecule has 1 atom stereocenters. The second kappa shape index (κ2) is 4.06. The molecule has 1 aromatic heterocycles. The fourth-order valence-corrected chi connectivity index (χ4v) is 1.55. The van der Waals surface area contributed by atoms with Gasteiger partial charge >= 0.3 is 15.6 Å². The minimum absolute atomic E-state index is 1.20. The van der Waals surface area contributed by atoms with Crippen LogP contribution in [-0.4, -0.2) is 18.5 Å². The van der Waals surface area contributed by atoms with E-state index in [4.69, 9.17) is 0 Å². The molecule has 0 N–H and O–H groups in total. The van der Waals surface area contributed by atoms with Crippen molar-refractivity contribution in [1.82, 2.24) is 4.57 Å². The zero-order valence-corrected chi connectivity index (χ0v) is 9.29. The van der Waals surface area contributed by atoms with Crippen LogP contribution in [0, 0.1) is 0 Å². The van der Waals surface area contributed by atoms with Crippen LogP contribution in [0.5, 0.6) is 0 Å². The molecule has 0 aliphatic heterocycles. The molecule has 1 aromatic rings. The monoisotopic (exact) mass is 259 g/mol. The number of rotatable bonds is 3. The molecule has 0 bridgehead atoms. The van der Waals surface area contributed by atoms with Gasteiger partial charge in [0.15, 0.2) is 0 Å². The molecule has 0 saturated heterocycles. The third-order valence-corrected chi connectivity index (χ3v) is 2.86. The molecule has 0 amide bonds. The Kier molecular flexibility index (Phi) is 3.29. The van der Waals surface area contributed by atoms with Crippen LogP contribution in [0.3, 0.4) is 0 Å². The molecule has 0 radical (unpaired) electrons. The van der Waals surface area contributed by atoms with E-state index in [1.165, 1.54) is 24.0 Å². The molecule has 9 heteroatoms. The van der Waals surface area contributed by atoms with Crippen LogP contribution in [0.4, 0.5) is 13.2 Å². The summed E-state index contributed by atoms with van der Waals surface area (Å²) in [6, 6.07) is 0. The second-order valence-electron chi connectivity index (χ2n) is 3.12. The first-order valence-electron chi connectivity index (χ1n) is 4.16. The molecule has 1 rings (SSSR count). The van der Waals surface area contributed by atoms with Gasteiger partial charge in [0.1, 0.15) is 12.4 Å². The standard InChI is InChI=1S/C7H10F3N2O3S/c1-6(12-4-3-11(2)5-12)15-16(13,14)7(8,9)10/h3-6H,1-2H3/q+1. The Balaban J connectivity index is 2.84. The van der Waals surface area contributed by atoms with Crippen LogP contribution in [0.25, 0.3) is 0 Å². The topological polar surface area (TPSA) is 52.2 Å². The van der Waals surface area contributed by atoms with Gasteiger partial charge in [-0.1, -0.05) is 0 Å². The van der Waals surface area contributed by atoms with E-state index in [2.05, 4.69) is 4.18 Å². The minimum atomic E-state index is -5.57. The van der Waals surface area contributed by atoms with Gasteiger partial charge in [0.25, 0.3) is 0 Å². The van der Waals surface area contributed by atoms with Crippen LogP contribution in [-0.2, 0) is 21.3 Å². The maximum absolute atomic E-state index is 12.0. The number of nitrogens with zero attached hydrogens (tertiary/aromatic N) is 2. The molecule has 0 aliphatic carbocycles. The molecule has 0 saturated carbocycles. The van der Waals surface area contributed by atoms with E-state index in [0.29, 0.717) is 0 Å². The number of imidazole rings is 1. The van der Waals surface area contributed by atoms with E-state index >= 15 is 0 Å². The molecular weight excluding hydrogens is 249 g/mol. The largest absolute Gasteiger partial charge is 0.523 e. The van der Waals surface area contributed by atoms with E-state index < -0.39 is 21.9 Å². The number of hydrogen-bond acceptors (Lipinski definition) is 3. The average molecular weight is 259 g/mol. The highest BCUT2D eigenvalue weighted by Gasteiger charge is 2.49. The molecular formula is C7H10F3N2O3S+. The number of halogens is 3. The second-order valence-corrected chi connectivity index (χ2v) is 4.69. The van der Waals surface area contributed by atoms with Crippen molar-refractivity contribution in [3.8, 4) is 0 Å². The van der Waals surface area contributed by atoms with Crippen molar-refractivity contribution >= 4 is 10.1 Å². The highest BCUT2D eigenvalue weighted by atomic mass is 32.2. The summed E-state index contributed by atoms with van der Waals surface area (Å²) in [7, 11) is -3.93. The molecule has 1 unspecified atom stereocenters. The van der Waals surface area contributed by atoms with Gasteiger partial charge < -0.3 is 0 Å². The van der Waals surface area contributed by atoms with Gasteiger partial charge in [0.2, 0.25) is 12.6 Å². The Morgan fingerprint density at radius 3 is 2.38 bits per heavy atom. The summed E-state index contributed by atoms with van der Waals surface area (Å²) in [5, 5.41) is 0. The summed E-state index contributed by atoms with van der Waals surface area (Å²) in [6.07, 6.45) is 3.08. The van der Waals surface area contributed by atoms with E-state index in [-0.39, 0.29) is 0 Å². The van der Waals surface area contributed by atoms with Crippen molar-refractivity contribution in [2.75, 3.05) is 0 Å². The molecule has 0 spiro atoms. The SMILES string of the molecule is CC(OS(=O)(=O)C(F)(F)F)n1cc[n+](C)c1. The summed E-state index contributed by atoms with van der Waals surface area (Å²) in [5.41, 5.74) is -5.41. The Hall–Kier alpha value is -1.09.